The van der Waals surface area contributed by atoms with Crippen LogP contribution >= 0.6 is 0 Å². The van der Waals surface area contributed by atoms with E-state index >= 15 is 0 Å². The van der Waals surface area contributed by atoms with Crippen LogP contribution in [0.1, 0.15) is 213 Å². The number of allylic oxidation sites excluding steroid dienone is 13. The number of unbranched alkanes of at least 4 members (excludes halogenated alkanes) is 22. The Balaban J connectivity index is 2.30. The van der Waals surface area contributed by atoms with Gasteiger partial charge in [-0.05, 0) is 77.0 Å². The minimum atomic E-state index is -1.58. The van der Waals surface area contributed by atoms with E-state index in [2.05, 4.69) is 92.1 Å². The minimum absolute atomic E-state index is 0.196. The number of nitrogens with one attached hydrogen (secondary N) is 1. The lowest BCUT2D eigenvalue weighted by Gasteiger charge is -2.40. The standard InChI is InChI=1S/C57H99NO8/c1-3-5-7-9-11-13-15-17-19-21-23-24-25-26-27-28-29-31-33-35-37-39-41-43-45-47-53(61)58-50(49-65-57-56(64)55(63)54(62)52(48-59)66-57)51(60)46-44-42-40-38-36-34-32-30-22-20-18-16-14-12-10-8-6-4-2/h5,7,11,13,17,19,23-24,26-27,36,38,44,46,50-52,54-57,59-60,62-64H,3-4,6,8-10,12,14-16,18,20-22,25,28-35,37,39-43,45,47-49H2,1-2H3,(H,58,61)/b7-5-,13-11-,19-17-,24-23-,27-26-,38-36+,46-44+. The van der Waals surface area contributed by atoms with Gasteiger partial charge in [0.2, 0.25) is 5.91 Å². The molecule has 9 nitrogen and oxygen atoms in total. The zero-order valence-electron chi connectivity index (χ0n) is 41.9. The molecule has 1 fully saturated rings. The summed E-state index contributed by atoms with van der Waals surface area (Å²) in [6, 6.07) is -0.830. The first-order valence-electron chi connectivity index (χ1n) is 26.8. The van der Waals surface area contributed by atoms with Crippen molar-refractivity contribution in [3.05, 3.63) is 85.1 Å². The Morgan fingerprint density at radius 3 is 1.45 bits per heavy atom. The molecule has 9 heteroatoms. The minimum Gasteiger partial charge on any atom is -0.394 e. The Labute approximate surface area is 403 Å². The van der Waals surface area contributed by atoms with E-state index in [4.69, 9.17) is 9.47 Å². The second-order valence-electron chi connectivity index (χ2n) is 18.3. The van der Waals surface area contributed by atoms with Crippen LogP contribution in [0.2, 0.25) is 0 Å². The van der Waals surface area contributed by atoms with Crippen molar-refractivity contribution in [3.63, 3.8) is 0 Å². The molecule has 0 saturated carbocycles. The molecule has 380 valence electrons. The second kappa shape index (κ2) is 46.1. The fourth-order valence-electron chi connectivity index (χ4n) is 7.96. The number of hydrogen-bond acceptors (Lipinski definition) is 8. The van der Waals surface area contributed by atoms with Crippen molar-refractivity contribution >= 4 is 5.91 Å². The van der Waals surface area contributed by atoms with Gasteiger partial charge in [-0.15, -0.1) is 0 Å². The molecular formula is C57H99NO8. The van der Waals surface area contributed by atoms with E-state index in [9.17, 15) is 30.3 Å². The first-order chi connectivity index (χ1) is 32.3. The van der Waals surface area contributed by atoms with Crippen molar-refractivity contribution in [2.45, 2.75) is 256 Å². The van der Waals surface area contributed by atoms with Gasteiger partial charge in [-0.25, -0.2) is 0 Å². The van der Waals surface area contributed by atoms with E-state index in [1.807, 2.05) is 6.08 Å². The molecule has 0 aliphatic carbocycles. The molecule has 0 spiro atoms. The third kappa shape index (κ3) is 35.5. The highest BCUT2D eigenvalue weighted by Crippen LogP contribution is 2.23. The summed E-state index contributed by atoms with van der Waals surface area (Å²) in [4.78, 5) is 13.0. The fraction of sp³-hybridized carbons (Fsp3) is 0.737. The largest absolute Gasteiger partial charge is 0.394 e. The summed E-state index contributed by atoms with van der Waals surface area (Å²) < 4.78 is 11.2. The monoisotopic (exact) mass is 926 g/mol. The van der Waals surface area contributed by atoms with Gasteiger partial charge in [0.1, 0.15) is 24.4 Å². The van der Waals surface area contributed by atoms with Crippen LogP contribution in [0.4, 0.5) is 0 Å². The molecule has 6 N–H and O–H groups in total. The molecule has 66 heavy (non-hydrogen) atoms. The number of rotatable bonds is 44. The van der Waals surface area contributed by atoms with E-state index in [-0.39, 0.29) is 12.5 Å². The zero-order valence-corrected chi connectivity index (χ0v) is 41.9. The Morgan fingerprint density at radius 1 is 0.530 bits per heavy atom. The fourth-order valence-corrected chi connectivity index (χ4v) is 7.96. The Morgan fingerprint density at radius 2 is 0.955 bits per heavy atom. The first-order valence-corrected chi connectivity index (χ1v) is 26.8. The number of carbonyl (C=O) groups excluding carboxylic acids is 1. The Kier molecular flexibility index (Phi) is 42.9. The number of aliphatic hydroxyl groups excluding tert-OH is 5. The van der Waals surface area contributed by atoms with Crippen LogP contribution in [0.15, 0.2) is 85.1 Å². The topological polar surface area (TPSA) is 149 Å². The van der Waals surface area contributed by atoms with Crippen LogP contribution in [0, 0.1) is 0 Å². The predicted molar refractivity (Wildman–Crippen MR) is 276 cm³/mol. The number of ether oxygens (including phenoxy) is 2. The van der Waals surface area contributed by atoms with Gasteiger partial charge in [0, 0.05) is 6.42 Å². The molecule has 1 aliphatic heterocycles. The lowest BCUT2D eigenvalue weighted by molar-refractivity contribution is -0.302. The summed E-state index contributed by atoms with van der Waals surface area (Å²) in [7, 11) is 0. The molecule has 0 bridgehead atoms. The van der Waals surface area contributed by atoms with Gasteiger partial charge in [0.25, 0.3) is 0 Å². The van der Waals surface area contributed by atoms with Crippen LogP contribution in [0.3, 0.4) is 0 Å². The number of hydrogen-bond donors (Lipinski definition) is 6. The zero-order chi connectivity index (χ0) is 48.0. The summed E-state index contributed by atoms with van der Waals surface area (Å²) in [6.45, 7) is 3.64. The van der Waals surface area contributed by atoms with Crippen LogP contribution in [0.5, 0.6) is 0 Å². The normalized spacial score (nSPS) is 20.5. The summed E-state index contributed by atoms with van der Waals surface area (Å²) >= 11 is 0. The van der Waals surface area contributed by atoms with Gasteiger partial charge >= 0.3 is 0 Å². The molecule has 7 atom stereocenters. The first kappa shape index (κ1) is 61.4. The summed E-state index contributed by atoms with van der Waals surface area (Å²) in [5, 5.41) is 54.4. The van der Waals surface area contributed by atoms with Gasteiger partial charge in [-0.1, -0.05) is 214 Å². The molecule has 1 aliphatic rings. The molecule has 1 rings (SSSR count). The van der Waals surface area contributed by atoms with E-state index in [1.165, 1.54) is 109 Å². The summed E-state index contributed by atoms with van der Waals surface area (Å²) in [6.07, 6.45) is 57.7. The molecule has 0 aromatic rings. The maximum atomic E-state index is 13.0. The van der Waals surface area contributed by atoms with Crippen LogP contribution < -0.4 is 5.32 Å². The molecule has 0 aromatic carbocycles. The van der Waals surface area contributed by atoms with Gasteiger partial charge in [0.15, 0.2) is 6.29 Å². The number of aliphatic hydroxyl groups is 5. The lowest BCUT2D eigenvalue weighted by Crippen LogP contribution is -2.60. The van der Waals surface area contributed by atoms with Crippen molar-refractivity contribution in [1.82, 2.24) is 5.32 Å². The molecule has 7 unspecified atom stereocenters. The highest BCUT2D eigenvalue weighted by atomic mass is 16.7. The van der Waals surface area contributed by atoms with Gasteiger partial charge in [-0.2, -0.15) is 0 Å². The average molecular weight is 926 g/mol. The Hall–Kier alpha value is -2.63. The number of carbonyl (C=O) groups is 1. The molecule has 0 aromatic heterocycles. The van der Waals surface area contributed by atoms with Crippen molar-refractivity contribution in [2.75, 3.05) is 13.2 Å². The van der Waals surface area contributed by atoms with Crippen LogP contribution in [-0.4, -0.2) is 87.5 Å². The maximum absolute atomic E-state index is 13.0. The van der Waals surface area contributed by atoms with Crippen molar-refractivity contribution in [1.29, 1.82) is 0 Å². The highest BCUT2D eigenvalue weighted by Gasteiger charge is 2.44. The van der Waals surface area contributed by atoms with Gasteiger partial charge < -0.3 is 40.3 Å². The second-order valence-corrected chi connectivity index (χ2v) is 18.3. The third-order valence-electron chi connectivity index (χ3n) is 12.2. The lowest BCUT2D eigenvalue weighted by atomic mass is 9.99. The van der Waals surface area contributed by atoms with Gasteiger partial charge in [-0.3, -0.25) is 4.79 Å². The highest BCUT2D eigenvalue weighted by molar-refractivity contribution is 5.76. The smallest absolute Gasteiger partial charge is 0.220 e. The third-order valence-corrected chi connectivity index (χ3v) is 12.2. The summed E-state index contributed by atoms with van der Waals surface area (Å²) in [5.74, 6) is -0.196. The molecular weight excluding hydrogens is 827 g/mol. The van der Waals surface area contributed by atoms with Crippen molar-refractivity contribution in [2.24, 2.45) is 0 Å². The quantitative estimate of drug-likeness (QED) is 0.0261. The molecule has 1 amide bonds. The molecule has 0 radical (unpaired) electrons. The van der Waals surface area contributed by atoms with E-state index in [0.717, 1.165) is 83.5 Å². The van der Waals surface area contributed by atoms with Gasteiger partial charge in [0.05, 0.1) is 25.4 Å². The SMILES string of the molecule is CC/C=C\C/C=C\C/C=C\C/C=C\C/C=C\CCCCCCCCCCCC(=O)NC(COC1OC(CO)C(O)C(O)C1O)C(O)/C=C/CC/C=C/CCCCCCCCCCCCCC. The van der Waals surface area contributed by atoms with E-state index in [1.54, 1.807) is 6.08 Å². The van der Waals surface area contributed by atoms with Crippen molar-refractivity contribution < 1.29 is 39.8 Å². The maximum Gasteiger partial charge on any atom is 0.220 e. The average Bonchev–Trinajstić information content (AvgIpc) is 3.32. The number of amides is 1. The molecule has 1 heterocycles. The van der Waals surface area contributed by atoms with Crippen LogP contribution in [-0.2, 0) is 14.3 Å². The predicted octanol–water partition coefficient (Wildman–Crippen LogP) is 12.7. The van der Waals surface area contributed by atoms with E-state index < -0.39 is 49.5 Å². The molecule has 1 saturated heterocycles. The Bertz CT molecular complexity index is 1300. The van der Waals surface area contributed by atoms with E-state index in [0.29, 0.717) is 6.42 Å². The van der Waals surface area contributed by atoms with Crippen LogP contribution in [0.25, 0.3) is 0 Å². The summed E-state index contributed by atoms with van der Waals surface area (Å²) in [5.41, 5.74) is 0. The van der Waals surface area contributed by atoms with Crippen molar-refractivity contribution in [3.8, 4) is 0 Å².